The van der Waals surface area contributed by atoms with Crippen LogP contribution >= 0.6 is 0 Å². The van der Waals surface area contributed by atoms with Crippen LogP contribution in [0, 0.1) is 0 Å². The van der Waals surface area contributed by atoms with E-state index in [0.717, 1.165) is 0 Å². The summed E-state index contributed by atoms with van der Waals surface area (Å²) in [4.78, 5) is 26.6. The van der Waals surface area contributed by atoms with Crippen LogP contribution in [0.25, 0.3) is 11.1 Å². The molecule has 6 heteroatoms. The van der Waals surface area contributed by atoms with Crippen LogP contribution in [0.1, 0.15) is 33.3 Å². The molecule has 21 heavy (non-hydrogen) atoms. The normalized spacial score (nSPS) is 11.4. The Bertz CT molecular complexity index is 727. The number of carbonyl (C=O) groups is 1. The molecule has 0 saturated carbocycles. The Morgan fingerprint density at radius 2 is 2.05 bits per heavy atom. The quantitative estimate of drug-likeness (QED) is 0.808. The van der Waals surface area contributed by atoms with Gasteiger partial charge < -0.3 is 13.9 Å². The molecule has 0 N–H and O–H groups in total. The van der Waals surface area contributed by atoms with E-state index < -0.39 is 17.2 Å². The van der Waals surface area contributed by atoms with E-state index in [1.807, 2.05) is 20.8 Å². The summed E-state index contributed by atoms with van der Waals surface area (Å²) in [6, 6.07) is 4.70. The fourth-order valence-corrected chi connectivity index (χ4v) is 1.76. The first-order chi connectivity index (χ1) is 9.74. The van der Waals surface area contributed by atoms with Crippen molar-refractivity contribution < 1.29 is 18.7 Å². The van der Waals surface area contributed by atoms with Crippen molar-refractivity contribution in [2.24, 2.45) is 0 Å². The predicted octanol–water partition coefficient (Wildman–Crippen LogP) is 2.43. The highest BCUT2D eigenvalue weighted by Crippen LogP contribution is 2.22. The molecule has 112 valence electrons. The Kier molecular flexibility index (Phi) is 3.97. The summed E-state index contributed by atoms with van der Waals surface area (Å²) in [5.74, 6) is -0.0557. The Morgan fingerprint density at radius 3 is 2.67 bits per heavy atom. The molecule has 0 bridgehead atoms. The van der Waals surface area contributed by atoms with Crippen molar-refractivity contribution in [2.75, 3.05) is 0 Å². The Balaban J connectivity index is 2.44. The summed E-state index contributed by atoms with van der Waals surface area (Å²) in [6.07, 6.45) is 0. The van der Waals surface area contributed by atoms with E-state index in [1.165, 1.54) is 13.0 Å². The van der Waals surface area contributed by atoms with E-state index in [2.05, 4.69) is 4.98 Å². The van der Waals surface area contributed by atoms with Gasteiger partial charge in [0.15, 0.2) is 0 Å². The number of hydrogen-bond donors (Lipinski definition) is 0. The molecule has 0 aliphatic carbocycles. The molecular formula is C15H17NO5. The molecule has 6 nitrogen and oxygen atoms in total. The highest BCUT2D eigenvalue weighted by molar-refractivity contribution is 5.77. The molecular weight excluding hydrogens is 274 g/mol. The van der Waals surface area contributed by atoms with Gasteiger partial charge in [0.25, 0.3) is 0 Å². The zero-order valence-electron chi connectivity index (χ0n) is 12.4. The van der Waals surface area contributed by atoms with Gasteiger partial charge >= 0.3 is 11.6 Å². The second-order valence-corrected chi connectivity index (χ2v) is 5.59. The van der Waals surface area contributed by atoms with Crippen LogP contribution in [0.4, 0.5) is 0 Å². The maximum absolute atomic E-state index is 11.6. The van der Waals surface area contributed by atoms with Crippen molar-refractivity contribution in [1.29, 1.82) is 0 Å². The molecule has 0 fully saturated rings. The molecule has 2 heterocycles. The largest absolute Gasteiger partial charge is 0.472 e. The second kappa shape index (κ2) is 5.55. The number of esters is 1. The minimum Gasteiger partial charge on any atom is -0.472 e. The molecule has 0 aliphatic heterocycles. The Hall–Kier alpha value is -2.37. The summed E-state index contributed by atoms with van der Waals surface area (Å²) in [5, 5.41) is 0.608. The molecule has 0 aliphatic rings. The lowest BCUT2D eigenvalue weighted by Gasteiger charge is -2.20. The van der Waals surface area contributed by atoms with Crippen LogP contribution in [0.2, 0.25) is 0 Å². The third-order valence-electron chi connectivity index (χ3n) is 2.51. The van der Waals surface area contributed by atoms with Gasteiger partial charge in [-0.2, -0.15) is 4.98 Å². The molecule has 0 unspecified atom stereocenters. The first-order valence-electron chi connectivity index (χ1n) is 6.51. The van der Waals surface area contributed by atoms with Crippen molar-refractivity contribution >= 4 is 17.1 Å². The van der Waals surface area contributed by atoms with Crippen LogP contribution in [0.3, 0.4) is 0 Å². The van der Waals surface area contributed by atoms with Gasteiger partial charge in [0, 0.05) is 30.0 Å². The number of fused-ring (bicyclic) bond motifs is 1. The smallest absolute Gasteiger partial charge is 0.337 e. The van der Waals surface area contributed by atoms with Crippen LogP contribution in [0.5, 0.6) is 5.88 Å². The van der Waals surface area contributed by atoms with Crippen molar-refractivity contribution in [3.05, 3.63) is 34.2 Å². The lowest BCUT2D eigenvalue weighted by Crippen LogP contribution is -2.23. The van der Waals surface area contributed by atoms with Crippen molar-refractivity contribution in [3.63, 3.8) is 0 Å². The highest BCUT2D eigenvalue weighted by Gasteiger charge is 2.15. The van der Waals surface area contributed by atoms with Gasteiger partial charge in [-0.05, 0) is 26.8 Å². The average molecular weight is 291 g/mol. The van der Waals surface area contributed by atoms with E-state index in [1.54, 1.807) is 12.1 Å². The Morgan fingerprint density at radius 1 is 1.33 bits per heavy atom. The lowest BCUT2D eigenvalue weighted by atomic mass is 10.2. The summed E-state index contributed by atoms with van der Waals surface area (Å²) < 4.78 is 15.6. The first-order valence-corrected chi connectivity index (χ1v) is 6.51. The van der Waals surface area contributed by atoms with E-state index in [-0.39, 0.29) is 12.3 Å². The predicted molar refractivity (Wildman–Crippen MR) is 76.1 cm³/mol. The molecule has 0 spiro atoms. The fraction of sp³-hybridized carbons (Fsp3) is 0.400. The summed E-state index contributed by atoms with van der Waals surface area (Å²) in [5.41, 5.74) is -0.251. The van der Waals surface area contributed by atoms with Crippen LogP contribution in [-0.2, 0) is 16.1 Å². The minimum absolute atomic E-state index is 0.00140. The van der Waals surface area contributed by atoms with Crippen molar-refractivity contribution in [1.82, 2.24) is 4.98 Å². The molecule has 0 amide bonds. The van der Waals surface area contributed by atoms with Gasteiger partial charge in [0.2, 0.25) is 11.6 Å². The van der Waals surface area contributed by atoms with Gasteiger partial charge in [-0.25, -0.2) is 4.79 Å². The molecule has 0 saturated heterocycles. The van der Waals surface area contributed by atoms with Crippen LogP contribution in [0.15, 0.2) is 27.4 Å². The summed E-state index contributed by atoms with van der Waals surface area (Å²) in [7, 11) is 0. The SMILES string of the molecule is CC(=O)OCc1cc(=O)oc2nc(OC(C)(C)C)ccc12. The second-order valence-electron chi connectivity index (χ2n) is 5.59. The lowest BCUT2D eigenvalue weighted by molar-refractivity contribution is -0.142. The number of carbonyl (C=O) groups excluding carboxylic acids is 1. The van der Waals surface area contributed by atoms with Crippen LogP contribution in [-0.4, -0.2) is 16.6 Å². The number of nitrogens with zero attached hydrogens (tertiary/aromatic N) is 1. The number of hydrogen-bond acceptors (Lipinski definition) is 6. The van der Waals surface area contributed by atoms with E-state index in [0.29, 0.717) is 16.8 Å². The monoisotopic (exact) mass is 291 g/mol. The van der Waals surface area contributed by atoms with E-state index >= 15 is 0 Å². The van der Waals surface area contributed by atoms with Gasteiger partial charge in [-0.15, -0.1) is 0 Å². The van der Waals surface area contributed by atoms with Crippen molar-refractivity contribution in [2.45, 2.75) is 39.9 Å². The van der Waals surface area contributed by atoms with Gasteiger partial charge in [0.05, 0.1) is 0 Å². The molecule has 2 aromatic heterocycles. The first kappa shape index (κ1) is 15.0. The topological polar surface area (TPSA) is 78.6 Å². The maximum atomic E-state index is 11.6. The number of pyridine rings is 1. The highest BCUT2D eigenvalue weighted by atomic mass is 16.5. The maximum Gasteiger partial charge on any atom is 0.337 e. The molecule has 0 aromatic carbocycles. The molecule has 0 atom stereocenters. The standard InChI is InChI=1S/C15H17NO5/c1-9(17)19-8-10-7-13(18)20-14-11(10)5-6-12(16-14)21-15(2,3)4/h5-7H,8H2,1-4H3. The summed E-state index contributed by atoms with van der Waals surface area (Å²) >= 11 is 0. The van der Waals surface area contributed by atoms with E-state index in [9.17, 15) is 9.59 Å². The number of ether oxygens (including phenoxy) is 2. The Labute approximate surface area is 121 Å². The molecule has 0 radical (unpaired) electrons. The van der Waals surface area contributed by atoms with Crippen molar-refractivity contribution in [3.8, 4) is 5.88 Å². The zero-order valence-corrected chi connectivity index (χ0v) is 12.4. The average Bonchev–Trinajstić information content (AvgIpc) is 2.33. The number of aromatic nitrogens is 1. The third kappa shape index (κ3) is 4.05. The third-order valence-corrected chi connectivity index (χ3v) is 2.51. The molecule has 2 rings (SSSR count). The zero-order chi connectivity index (χ0) is 15.6. The van der Waals surface area contributed by atoms with Gasteiger partial charge in [-0.3, -0.25) is 4.79 Å². The van der Waals surface area contributed by atoms with E-state index in [4.69, 9.17) is 13.9 Å². The minimum atomic E-state index is -0.551. The summed E-state index contributed by atoms with van der Waals surface area (Å²) in [6.45, 7) is 6.99. The molecule has 2 aromatic rings. The van der Waals surface area contributed by atoms with Gasteiger partial charge in [-0.1, -0.05) is 0 Å². The number of rotatable bonds is 3. The fourth-order valence-electron chi connectivity index (χ4n) is 1.76. The van der Waals surface area contributed by atoms with Gasteiger partial charge in [0.1, 0.15) is 12.2 Å². The van der Waals surface area contributed by atoms with Crippen LogP contribution < -0.4 is 10.4 Å².